The van der Waals surface area contributed by atoms with E-state index in [0.717, 1.165) is 16.7 Å². The third kappa shape index (κ3) is 7.17. The van der Waals surface area contributed by atoms with E-state index in [1.165, 1.54) is 0 Å². The summed E-state index contributed by atoms with van der Waals surface area (Å²) >= 11 is 0. The molecule has 35 heavy (non-hydrogen) atoms. The number of rotatable bonds is 10. The maximum atomic E-state index is 13.3. The molecule has 0 heterocycles. The van der Waals surface area contributed by atoms with Gasteiger partial charge in [0.25, 0.3) is 0 Å². The Balaban J connectivity index is 1.78. The van der Waals surface area contributed by atoms with Crippen molar-refractivity contribution in [1.29, 1.82) is 0 Å². The second-order valence-corrected chi connectivity index (χ2v) is 8.62. The van der Waals surface area contributed by atoms with E-state index in [0.29, 0.717) is 0 Å². The zero-order chi connectivity index (χ0) is 25.2. The Morgan fingerprint density at radius 2 is 1.23 bits per heavy atom. The molecule has 0 aromatic heterocycles. The molecule has 0 aliphatic carbocycles. The first-order valence-electron chi connectivity index (χ1n) is 11.5. The summed E-state index contributed by atoms with van der Waals surface area (Å²) in [5.41, 5.74) is 8.28. The molecule has 0 spiro atoms. The monoisotopic (exact) mass is 473 g/mol. The minimum atomic E-state index is -1.03. The van der Waals surface area contributed by atoms with E-state index >= 15 is 0 Å². The predicted molar refractivity (Wildman–Crippen MR) is 134 cm³/mol. The molecule has 3 rings (SSSR count). The molecular weight excluding hydrogens is 442 g/mol. The van der Waals surface area contributed by atoms with E-state index in [1.807, 2.05) is 91.0 Å². The Morgan fingerprint density at radius 3 is 1.69 bits per heavy atom. The molecule has 3 aromatic carbocycles. The standard InChI is InChI=1S/C28H31N3O4/c1-19(2)24(31-28(34)35-18-20-12-6-3-7-13-20)27(33)30-25(26(29)32)23(21-14-8-4-9-15-21)22-16-10-5-11-17-22/h3-17,19,23-25H,18H2,1-2H3,(H2,29,32)(H,30,33)(H,31,34)/t24-,25-/m0/s1. The highest BCUT2D eigenvalue weighted by Gasteiger charge is 2.34. The number of carbonyl (C=O) groups excluding carboxylic acids is 3. The van der Waals surface area contributed by atoms with Gasteiger partial charge in [-0.3, -0.25) is 9.59 Å². The van der Waals surface area contributed by atoms with Gasteiger partial charge in [0.05, 0.1) is 0 Å². The highest BCUT2D eigenvalue weighted by atomic mass is 16.5. The van der Waals surface area contributed by atoms with Crippen molar-refractivity contribution in [3.8, 4) is 0 Å². The van der Waals surface area contributed by atoms with Crippen LogP contribution in [0, 0.1) is 5.92 Å². The van der Waals surface area contributed by atoms with Crippen molar-refractivity contribution in [2.24, 2.45) is 11.7 Å². The summed E-state index contributed by atoms with van der Waals surface area (Å²) in [7, 11) is 0. The second kappa shape index (κ2) is 12.4. The van der Waals surface area contributed by atoms with Gasteiger partial charge in [-0.05, 0) is 22.6 Å². The first kappa shape index (κ1) is 25.5. The van der Waals surface area contributed by atoms with Gasteiger partial charge in [-0.15, -0.1) is 0 Å². The number of amides is 3. The van der Waals surface area contributed by atoms with E-state index in [1.54, 1.807) is 13.8 Å². The van der Waals surface area contributed by atoms with E-state index in [9.17, 15) is 14.4 Å². The van der Waals surface area contributed by atoms with Crippen LogP contribution in [-0.4, -0.2) is 30.0 Å². The third-order valence-corrected chi connectivity index (χ3v) is 5.69. The molecule has 7 heteroatoms. The molecule has 2 atom stereocenters. The molecule has 0 unspecified atom stereocenters. The zero-order valence-corrected chi connectivity index (χ0v) is 19.9. The van der Waals surface area contributed by atoms with Crippen molar-refractivity contribution in [2.75, 3.05) is 0 Å². The van der Waals surface area contributed by atoms with Crippen molar-refractivity contribution < 1.29 is 19.1 Å². The van der Waals surface area contributed by atoms with Crippen LogP contribution in [0.3, 0.4) is 0 Å². The minimum Gasteiger partial charge on any atom is -0.445 e. The molecule has 182 valence electrons. The summed E-state index contributed by atoms with van der Waals surface area (Å²) in [4.78, 5) is 38.3. The number of hydrogen-bond acceptors (Lipinski definition) is 4. The smallest absolute Gasteiger partial charge is 0.408 e. The van der Waals surface area contributed by atoms with E-state index in [2.05, 4.69) is 10.6 Å². The molecule has 0 bridgehead atoms. The molecule has 0 saturated heterocycles. The number of hydrogen-bond donors (Lipinski definition) is 3. The molecule has 0 fully saturated rings. The average Bonchev–Trinajstić information content (AvgIpc) is 2.87. The summed E-state index contributed by atoms with van der Waals surface area (Å²) in [5.74, 6) is -1.96. The van der Waals surface area contributed by atoms with Crippen LogP contribution < -0.4 is 16.4 Å². The SMILES string of the molecule is CC(C)[C@H](NC(=O)OCc1ccccc1)C(=O)N[C@H](C(N)=O)C(c1ccccc1)c1ccccc1. The van der Waals surface area contributed by atoms with Gasteiger partial charge >= 0.3 is 6.09 Å². The largest absolute Gasteiger partial charge is 0.445 e. The van der Waals surface area contributed by atoms with Crippen LogP contribution >= 0.6 is 0 Å². The zero-order valence-electron chi connectivity index (χ0n) is 19.9. The second-order valence-electron chi connectivity index (χ2n) is 8.62. The van der Waals surface area contributed by atoms with Crippen molar-refractivity contribution in [2.45, 2.75) is 38.5 Å². The van der Waals surface area contributed by atoms with Gasteiger partial charge in [0.15, 0.2) is 0 Å². The van der Waals surface area contributed by atoms with Gasteiger partial charge in [-0.2, -0.15) is 0 Å². The molecule has 0 saturated carbocycles. The van der Waals surface area contributed by atoms with E-state index < -0.39 is 35.9 Å². The van der Waals surface area contributed by atoms with Crippen molar-refractivity contribution in [1.82, 2.24) is 10.6 Å². The summed E-state index contributed by atoms with van der Waals surface area (Å²) in [6.07, 6.45) is -0.721. The normalized spacial score (nSPS) is 12.6. The Kier molecular flexibility index (Phi) is 9.01. The van der Waals surface area contributed by atoms with Gasteiger partial charge in [-0.1, -0.05) is 105 Å². The maximum Gasteiger partial charge on any atom is 0.408 e. The van der Waals surface area contributed by atoms with E-state index in [-0.39, 0.29) is 12.5 Å². The molecule has 7 nitrogen and oxygen atoms in total. The number of nitrogens with two attached hydrogens (primary N) is 1. The highest BCUT2D eigenvalue weighted by molar-refractivity contribution is 5.91. The lowest BCUT2D eigenvalue weighted by Gasteiger charge is -2.29. The predicted octanol–water partition coefficient (Wildman–Crippen LogP) is 3.74. The van der Waals surface area contributed by atoms with Gasteiger partial charge in [0.1, 0.15) is 18.7 Å². The number of primary amides is 1. The molecule has 3 aromatic rings. The van der Waals surface area contributed by atoms with Crippen LogP contribution in [-0.2, 0) is 20.9 Å². The van der Waals surface area contributed by atoms with Crippen LogP contribution in [0.5, 0.6) is 0 Å². The summed E-state index contributed by atoms with van der Waals surface area (Å²) in [6, 6.07) is 26.1. The minimum absolute atomic E-state index is 0.0765. The molecular formula is C28H31N3O4. The van der Waals surface area contributed by atoms with Crippen molar-refractivity contribution in [3.63, 3.8) is 0 Å². The lowest BCUT2D eigenvalue weighted by molar-refractivity contribution is -0.129. The summed E-state index contributed by atoms with van der Waals surface area (Å²) in [6.45, 7) is 3.67. The Labute approximate surface area is 205 Å². The van der Waals surface area contributed by atoms with Crippen LogP contribution in [0.4, 0.5) is 4.79 Å². The van der Waals surface area contributed by atoms with Crippen LogP contribution in [0.25, 0.3) is 0 Å². The lowest BCUT2D eigenvalue weighted by atomic mass is 9.84. The quantitative estimate of drug-likeness (QED) is 0.417. The molecule has 4 N–H and O–H groups in total. The molecule has 3 amide bonds. The number of alkyl carbamates (subject to hydrolysis) is 1. The van der Waals surface area contributed by atoms with Crippen molar-refractivity contribution >= 4 is 17.9 Å². The first-order chi connectivity index (χ1) is 16.9. The van der Waals surface area contributed by atoms with Gasteiger partial charge in [-0.25, -0.2) is 4.79 Å². The lowest BCUT2D eigenvalue weighted by Crippen LogP contribution is -2.56. The third-order valence-electron chi connectivity index (χ3n) is 5.69. The van der Waals surface area contributed by atoms with Gasteiger partial charge < -0.3 is 21.1 Å². The fraction of sp³-hybridized carbons (Fsp3) is 0.250. The molecule has 0 radical (unpaired) electrons. The summed E-state index contributed by atoms with van der Waals surface area (Å²) < 4.78 is 5.28. The fourth-order valence-corrected chi connectivity index (χ4v) is 3.89. The number of carbonyl (C=O) groups is 3. The number of benzene rings is 3. The van der Waals surface area contributed by atoms with E-state index in [4.69, 9.17) is 10.5 Å². The first-order valence-corrected chi connectivity index (χ1v) is 11.5. The highest BCUT2D eigenvalue weighted by Crippen LogP contribution is 2.28. The molecule has 0 aliphatic rings. The van der Waals surface area contributed by atoms with Crippen molar-refractivity contribution in [3.05, 3.63) is 108 Å². The summed E-state index contributed by atoms with van der Waals surface area (Å²) in [5, 5.41) is 5.41. The van der Waals surface area contributed by atoms with Crippen LogP contribution in [0.1, 0.15) is 36.5 Å². The maximum absolute atomic E-state index is 13.3. The van der Waals surface area contributed by atoms with Gasteiger partial charge in [0, 0.05) is 5.92 Å². The topological polar surface area (TPSA) is 111 Å². The van der Waals surface area contributed by atoms with Gasteiger partial charge in [0.2, 0.25) is 11.8 Å². The number of ether oxygens (including phenoxy) is 1. The Hall–Kier alpha value is -4.13. The number of nitrogens with one attached hydrogen (secondary N) is 2. The Bertz CT molecular complexity index is 1070. The fourth-order valence-electron chi connectivity index (χ4n) is 3.89. The average molecular weight is 474 g/mol. The van der Waals surface area contributed by atoms with Crippen LogP contribution in [0.2, 0.25) is 0 Å². The van der Waals surface area contributed by atoms with Crippen LogP contribution in [0.15, 0.2) is 91.0 Å². The molecule has 0 aliphatic heterocycles. The Morgan fingerprint density at radius 1 is 0.743 bits per heavy atom.